The summed E-state index contributed by atoms with van der Waals surface area (Å²) < 4.78 is 0. The van der Waals surface area contributed by atoms with Crippen LogP contribution in [0.1, 0.15) is 43.2 Å². The number of rotatable bonds is 5. The normalized spacial score (nSPS) is 16.0. The molecule has 1 saturated carbocycles. The maximum Gasteiger partial charge on any atom is 0.239 e. The monoisotopic (exact) mass is 316 g/mol. The fourth-order valence-electron chi connectivity index (χ4n) is 2.92. The van der Waals surface area contributed by atoms with Gasteiger partial charge >= 0.3 is 0 Å². The lowest BCUT2D eigenvalue weighted by atomic mass is 9.95. The van der Waals surface area contributed by atoms with E-state index >= 15 is 0 Å². The summed E-state index contributed by atoms with van der Waals surface area (Å²) >= 11 is 0. The number of nitrogens with zero attached hydrogens (tertiary/aromatic N) is 1. The number of nitrogens with one attached hydrogen (secondary N) is 3. The van der Waals surface area contributed by atoms with E-state index in [0.717, 1.165) is 12.8 Å². The third-order valence-electron chi connectivity index (χ3n) is 4.15. The van der Waals surface area contributed by atoms with E-state index in [9.17, 15) is 4.79 Å². The number of guanidine groups is 1. The number of carbonyl (C=O) groups excluding carboxylic acids is 1. The Balaban J connectivity index is 1.70. The van der Waals surface area contributed by atoms with E-state index in [2.05, 4.69) is 46.1 Å². The topological polar surface area (TPSA) is 65.5 Å². The summed E-state index contributed by atoms with van der Waals surface area (Å²) in [6.07, 6.45) is 5.94. The zero-order valence-electron chi connectivity index (χ0n) is 14.2. The molecule has 1 aliphatic rings. The Morgan fingerprint density at radius 2 is 2.00 bits per heavy atom. The van der Waals surface area contributed by atoms with Crippen molar-refractivity contribution in [3.8, 4) is 0 Å². The molecule has 0 radical (unpaired) electrons. The number of aryl methyl sites for hydroxylation is 1. The van der Waals surface area contributed by atoms with Gasteiger partial charge in [-0.25, -0.2) is 0 Å². The summed E-state index contributed by atoms with van der Waals surface area (Å²) in [4.78, 5) is 16.2. The zero-order chi connectivity index (χ0) is 16.5. The van der Waals surface area contributed by atoms with Gasteiger partial charge in [-0.3, -0.25) is 9.79 Å². The molecule has 126 valence electrons. The van der Waals surface area contributed by atoms with Crippen LogP contribution in [0.5, 0.6) is 0 Å². The standard InChI is InChI=1S/C18H28N4O/c1-14-7-6-8-15(11-14)12-20-18(19-2)21-13-17(23)22-16-9-4-3-5-10-16/h6-8,11,16H,3-5,9-10,12-13H2,1-2H3,(H,22,23)(H2,19,20,21). The summed E-state index contributed by atoms with van der Waals surface area (Å²) in [6, 6.07) is 8.67. The first-order valence-electron chi connectivity index (χ1n) is 8.47. The fraction of sp³-hybridized carbons (Fsp3) is 0.556. The molecule has 0 saturated heterocycles. The van der Waals surface area contributed by atoms with Gasteiger partial charge in [0.15, 0.2) is 5.96 Å². The Hall–Kier alpha value is -2.04. The Morgan fingerprint density at radius 1 is 1.22 bits per heavy atom. The summed E-state index contributed by atoms with van der Waals surface area (Å²) in [7, 11) is 1.71. The van der Waals surface area contributed by atoms with E-state index in [1.54, 1.807) is 7.05 Å². The fourth-order valence-corrected chi connectivity index (χ4v) is 2.92. The molecule has 0 aliphatic heterocycles. The van der Waals surface area contributed by atoms with Gasteiger partial charge in [-0.05, 0) is 25.3 Å². The van der Waals surface area contributed by atoms with Crippen LogP contribution in [0.4, 0.5) is 0 Å². The molecule has 0 heterocycles. The molecule has 3 N–H and O–H groups in total. The highest BCUT2D eigenvalue weighted by molar-refractivity contribution is 5.86. The second kappa shape index (κ2) is 9.18. The Bertz CT molecular complexity index is 536. The summed E-state index contributed by atoms with van der Waals surface area (Å²) in [5.41, 5.74) is 2.43. The van der Waals surface area contributed by atoms with Gasteiger partial charge in [0.05, 0.1) is 6.54 Å². The predicted molar refractivity (Wildman–Crippen MR) is 94.4 cm³/mol. The van der Waals surface area contributed by atoms with Crippen molar-refractivity contribution in [1.29, 1.82) is 0 Å². The van der Waals surface area contributed by atoms with E-state index < -0.39 is 0 Å². The lowest BCUT2D eigenvalue weighted by Gasteiger charge is -2.23. The van der Waals surface area contributed by atoms with E-state index in [1.807, 2.05) is 6.07 Å². The predicted octanol–water partition coefficient (Wildman–Crippen LogP) is 2.11. The van der Waals surface area contributed by atoms with Crippen molar-refractivity contribution >= 4 is 11.9 Å². The number of amides is 1. The molecule has 0 atom stereocenters. The van der Waals surface area contributed by atoms with Gasteiger partial charge < -0.3 is 16.0 Å². The van der Waals surface area contributed by atoms with Crippen molar-refractivity contribution < 1.29 is 4.79 Å². The Kier molecular flexibility index (Phi) is 6.91. The highest BCUT2D eigenvalue weighted by atomic mass is 16.2. The van der Waals surface area contributed by atoms with Crippen molar-refractivity contribution in [2.75, 3.05) is 13.6 Å². The first-order chi connectivity index (χ1) is 11.2. The number of hydrogen-bond acceptors (Lipinski definition) is 2. The van der Waals surface area contributed by atoms with Gasteiger partial charge in [-0.2, -0.15) is 0 Å². The summed E-state index contributed by atoms with van der Waals surface area (Å²) in [5, 5.41) is 9.40. The lowest BCUT2D eigenvalue weighted by Crippen LogP contribution is -2.45. The van der Waals surface area contributed by atoms with Crippen LogP contribution < -0.4 is 16.0 Å². The van der Waals surface area contributed by atoms with Crippen LogP contribution in [0.15, 0.2) is 29.3 Å². The number of carbonyl (C=O) groups is 1. The van der Waals surface area contributed by atoms with Crippen molar-refractivity contribution in [2.24, 2.45) is 4.99 Å². The second-order valence-corrected chi connectivity index (χ2v) is 6.17. The van der Waals surface area contributed by atoms with Crippen LogP contribution in [0.2, 0.25) is 0 Å². The smallest absolute Gasteiger partial charge is 0.239 e. The maximum absolute atomic E-state index is 12.0. The van der Waals surface area contributed by atoms with Crippen molar-refractivity contribution in [3.05, 3.63) is 35.4 Å². The zero-order valence-corrected chi connectivity index (χ0v) is 14.2. The molecule has 0 unspecified atom stereocenters. The van der Waals surface area contributed by atoms with E-state index in [4.69, 9.17) is 0 Å². The molecule has 1 fully saturated rings. The van der Waals surface area contributed by atoms with Crippen molar-refractivity contribution in [1.82, 2.24) is 16.0 Å². The molecule has 1 amide bonds. The highest BCUT2D eigenvalue weighted by Gasteiger charge is 2.15. The SMILES string of the molecule is CN=C(NCC(=O)NC1CCCCC1)NCc1cccc(C)c1. The van der Waals surface area contributed by atoms with Crippen LogP contribution in [-0.4, -0.2) is 31.5 Å². The van der Waals surface area contributed by atoms with Crippen LogP contribution in [0.3, 0.4) is 0 Å². The van der Waals surface area contributed by atoms with Crippen LogP contribution in [0.25, 0.3) is 0 Å². The van der Waals surface area contributed by atoms with Crippen molar-refractivity contribution in [3.63, 3.8) is 0 Å². The number of benzene rings is 1. The van der Waals surface area contributed by atoms with Gasteiger partial charge in [0, 0.05) is 19.6 Å². The summed E-state index contributed by atoms with van der Waals surface area (Å²) in [5.74, 6) is 0.681. The minimum atomic E-state index is 0.0374. The molecule has 23 heavy (non-hydrogen) atoms. The van der Waals surface area contributed by atoms with Crippen LogP contribution in [0, 0.1) is 6.92 Å². The van der Waals surface area contributed by atoms with E-state index in [-0.39, 0.29) is 12.5 Å². The third kappa shape index (κ3) is 6.30. The minimum absolute atomic E-state index is 0.0374. The largest absolute Gasteiger partial charge is 0.352 e. The first-order valence-corrected chi connectivity index (χ1v) is 8.47. The summed E-state index contributed by atoms with van der Waals surface area (Å²) in [6.45, 7) is 3.02. The molecule has 1 aliphatic carbocycles. The molecule has 0 spiro atoms. The Morgan fingerprint density at radius 3 is 2.70 bits per heavy atom. The molecule has 1 aromatic rings. The van der Waals surface area contributed by atoms with E-state index in [1.165, 1.54) is 30.4 Å². The van der Waals surface area contributed by atoms with Gasteiger partial charge in [-0.15, -0.1) is 0 Å². The first kappa shape index (κ1) is 17.3. The molecule has 5 heteroatoms. The average Bonchev–Trinajstić information content (AvgIpc) is 2.56. The molecule has 1 aromatic carbocycles. The second-order valence-electron chi connectivity index (χ2n) is 6.17. The number of aliphatic imine (C=N–C) groups is 1. The van der Waals surface area contributed by atoms with Crippen LogP contribution >= 0.6 is 0 Å². The average molecular weight is 316 g/mol. The highest BCUT2D eigenvalue weighted by Crippen LogP contribution is 2.17. The number of hydrogen-bond donors (Lipinski definition) is 3. The Labute approximate surface area is 139 Å². The molecular weight excluding hydrogens is 288 g/mol. The lowest BCUT2D eigenvalue weighted by molar-refractivity contribution is -0.120. The molecule has 2 rings (SSSR count). The molecule has 5 nitrogen and oxygen atoms in total. The quantitative estimate of drug-likeness (QED) is 0.576. The van der Waals surface area contributed by atoms with E-state index in [0.29, 0.717) is 18.5 Å². The van der Waals surface area contributed by atoms with Gasteiger partial charge in [0.1, 0.15) is 0 Å². The molecular formula is C18H28N4O. The van der Waals surface area contributed by atoms with Crippen LogP contribution in [-0.2, 0) is 11.3 Å². The third-order valence-corrected chi connectivity index (χ3v) is 4.15. The van der Waals surface area contributed by atoms with Gasteiger partial charge in [-0.1, -0.05) is 49.1 Å². The minimum Gasteiger partial charge on any atom is -0.352 e. The molecule has 0 bridgehead atoms. The van der Waals surface area contributed by atoms with Gasteiger partial charge in [0.2, 0.25) is 5.91 Å². The van der Waals surface area contributed by atoms with Crippen molar-refractivity contribution in [2.45, 2.75) is 51.6 Å². The maximum atomic E-state index is 12.0. The van der Waals surface area contributed by atoms with Gasteiger partial charge in [0.25, 0.3) is 0 Å². The molecule has 0 aromatic heterocycles.